The van der Waals surface area contributed by atoms with Crippen LogP contribution < -0.4 is 10.3 Å². The van der Waals surface area contributed by atoms with Crippen molar-refractivity contribution < 1.29 is 22.8 Å². The largest absolute Gasteiger partial charge is 0.418 e. The number of imide groups is 1. The molecule has 0 saturated heterocycles. The Bertz CT molecular complexity index is 1180. The lowest BCUT2D eigenvalue weighted by molar-refractivity contribution is -0.137. The van der Waals surface area contributed by atoms with Crippen molar-refractivity contribution in [2.24, 2.45) is 0 Å². The van der Waals surface area contributed by atoms with E-state index in [4.69, 9.17) is 0 Å². The highest BCUT2D eigenvalue weighted by Gasteiger charge is 2.38. The van der Waals surface area contributed by atoms with Gasteiger partial charge in [0.15, 0.2) is 6.19 Å². The first-order valence-electron chi connectivity index (χ1n) is 9.02. The van der Waals surface area contributed by atoms with Gasteiger partial charge in [0.05, 0.1) is 33.8 Å². The van der Waals surface area contributed by atoms with Crippen LogP contribution in [0.2, 0.25) is 0 Å². The Morgan fingerprint density at radius 1 is 0.871 bits per heavy atom. The third-order valence-electron chi connectivity index (χ3n) is 4.69. The molecule has 154 valence electrons. The number of amides is 2. The van der Waals surface area contributed by atoms with Crippen molar-refractivity contribution in [2.75, 3.05) is 10.3 Å². The summed E-state index contributed by atoms with van der Waals surface area (Å²) >= 11 is 0. The fraction of sp³-hybridized carbons (Fsp3) is 0.0455. The van der Waals surface area contributed by atoms with Gasteiger partial charge in [-0.2, -0.15) is 23.4 Å². The number of para-hydroxylation sites is 1. The van der Waals surface area contributed by atoms with E-state index in [1.54, 1.807) is 36.5 Å². The van der Waals surface area contributed by atoms with Crippen LogP contribution in [-0.4, -0.2) is 16.8 Å². The highest BCUT2D eigenvalue weighted by atomic mass is 19.4. The van der Waals surface area contributed by atoms with Crippen molar-refractivity contribution in [3.8, 4) is 6.19 Å². The van der Waals surface area contributed by atoms with E-state index in [-0.39, 0.29) is 28.2 Å². The van der Waals surface area contributed by atoms with E-state index in [1.165, 1.54) is 30.3 Å². The number of carbonyl (C=O) groups excluding carboxylic acids is 2. The van der Waals surface area contributed by atoms with Gasteiger partial charge in [0.25, 0.3) is 11.8 Å². The summed E-state index contributed by atoms with van der Waals surface area (Å²) in [6.45, 7) is 0. The second-order valence-corrected chi connectivity index (χ2v) is 6.60. The van der Waals surface area contributed by atoms with Crippen molar-refractivity contribution >= 4 is 28.9 Å². The molecule has 4 rings (SSSR count). The van der Waals surface area contributed by atoms with Gasteiger partial charge in [0.2, 0.25) is 0 Å². The Labute approximate surface area is 174 Å². The minimum Gasteiger partial charge on any atom is -0.288 e. The molecule has 0 fully saturated rings. The van der Waals surface area contributed by atoms with Crippen LogP contribution in [0.15, 0.2) is 72.8 Å². The van der Waals surface area contributed by atoms with Gasteiger partial charge in [-0.25, -0.2) is 4.90 Å². The number of anilines is 3. The Balaban J connectivity index is 1.71. The highest BCUT2D eigenvalue weighted by Crippen LogP contribution is 2.40. The number of halogens is 3. The summed E-state index contributed by atoms with van der Waals surface area (Å²) in [4.78, 5) is 25.8. The molecule has 1 heterocycles. The van der Waals surface area contributed by atoms with Gasteiger partial charge in [0.1, 0.15) is 0 Å². The molecule has 0 radical (unpaired) electrons. The minimum atomic E-state index is -4.79. The monoisotopic (exact) mass is 422 g/mol. The molecule has 2 amide bonds. The first-order chi connectivity index (χ1) is 14.8. The Hall–Kier alpha value is -4.32. The summed E-state index contributed by atoms with van der Waals surface area (Å²) in [7, 11) is 0. The predicted octanol–water partition coefficient (Wildman–Crippen LogP) is 4.95. The van der Waals surface area contributed by atoms with Gasteiger partial charge in [-0.15, -0.1) is 0 Å². The maximum atomic E-state index is 13.8. The van der Waals surface area contributed by atoms with Gasteiger partial charge in [-0.05, 0) is 42.5 Å². The second-order valence-electron chi connectivity index (χ2n) is 6.60. The fourth-order valence-corrected chi connectivity index (χ4v) is 3.28. The van der Waals surface area contributed by atoms with Crippen molar-refractivity contribution in [1.82, 2.24) is 5.01 Å². The summed E-state index contributed by atoms with van der Waals surface area (Å²) in [5.74, 6) is -1.33. The Morgan fingerprint density at radius 2 is 1.45 bits per heavy atom. The zero-order chi connectivity index (χ0) is 22.2. The van der Waals surface area contributed by atoms with Crippen LogP contribution in [0.4, 0.5) is 30.2 Å². The summed E-state index contributed by atoms with van der Waals surface area (Å²) < 4.78 is 41.4. The number of rotatable bonds is 4. The number of nitrogens with one attached hydrogen (secondary N) is 1. The maximum absolute atomic E-state index is 13.8. The number of nitrogens with zero attached hydrogens (tertiary/aromatic N) is 3. The molecule has 31 heavy (non-hydrogen) atoms. The van der Waals surface area contributed by atoms with Crippen molar-refractivity contribution in [2.45, 2.75) is 6.18 Å². The predicted molar refractivity (Wildman–Crippen MR) is 106 cm³/mol. The summed E-state index contributed by atoms with van der Waals surface area (Å²) in [5, 5.41) is 10.2. The number of hydrazine groups is 1. The number of hydrogen-bond donors (Lipinski definition) is 1. The second kappa shape index (κ2) is 7.50. The van der Waals surface area contributed by atoms with Gasteiger partial charge >= 0.3 is 6.18 Å². The number of benzene rings is 3. The average Bonchev–Trinajstić information content (AvgIpc) is 3.00. The molecular formula is C22H13F3N4O2. The molecule has 3 aromatic rings. The van der Waals surface area contributed by atoms with Crippen LogP contribution in [-0.2, 0) is 6.18 Å². The first kappa shape index (κ1) is 20.0. The molecule has 1 aliphatic heterocycles. The number of fused-ring (bicyclic) bond motifs is 1. The molecule has 1 aliphatic rings. The van der Waals surface area contributed by atoms with E-state index in [1.807, 2.05) is 0 Å². The average molecular weight is 422 g/mol. The molecule has 0 aromatic heterocycles. The standard InChI is InChI=1S/C22H13F3N4O2/c23-22(24,25)18-12-14(10-11-19(18)28(13-26)15-6-2-1-3-7-15)27-29-20(30)16-8-4-5-9-17(16)21(29)31/h1-12,27H. The van der Waals surface area contributed by atoms with Crippen LogP contribution in [0.5, 0.6) is 0 Å². The van der Waals surface area contributed by atoms with E-state index in [0.717, 1.165) is 17.0 Å². The van der Waals surface area contributed by atoms with Gasteiger partial charge in [-0.3, -0.25) is 15.0 Å². The van der Waals surface area contributed by atoms with Crippen molar-refractivity contribution in [3.05, 3.63) is 89.5 Å². The SMILES string of the molecule is N#CN(c1ccccc1)c1ccc(NN2C(=O)c3ccccc3C2=O)cc1C(F)(F)F. The summed E-state index contributed by atoms with van der Waals surface area (Å²) in [6, 6.07) is 17.1. The van der Waals surface area contributed by atoms with Gasteiger partial charge in [-0.1, -0.05) is 30.3 Å². The number of carbonyl (C=O) groups is 2. The van der Waals surface area contributed by atoms with E-state index < -0.39 is 23.6 Å². The Kier molecular flexibility index (Phi) is 4.83. The zero-order valence-corrected chi connectivity index (χ0v) is 15.7. The topological polar surface area (TPSA) is 76.4 Å². The molecule has 0 saturated carbocycles. The van der Waals surface area contributed by atoms with Gasteiger partial charge in [0, 0.05) is 0 Å². The fourth-order valence-electron chi connectivity index (χ4n) is 3.28. The van der Waals surface area contributed by atoms with Gasteiger partial charge < -0.3 is 0 Å². The highest BCUT2D eigenvalue weighted by molar-refractivity contribution is 6.21. The maximum Gasteiger partial charge on any atom is 0.418 e. The summed E-state index contributed by atoms with van der Waals surface area (Å²) in [6.07, 6.45) is -3.03. The smallest absolute Gasteiger partial charge is 0.288 e. The molecule has 0 unspecified atom stereocenters. The number of hydrogen-bond acceptors (Lipinski definition) is 5. The van der Waals surface area contributed by atoms with Crippen LogP contribution in [0.3, 0.4) is 0 Å². The minimum absolute atomic E-state index is 0.128. The Morgan fingerprint density at radius 3 is 2.00 bits per heavy atom. The molecule has 6 nitrogen and oxygen atoms in total. The lowest BCUT2D eigenvalue weighted by atomic mass is 10.1. The summed E-state index contributed by atoms with van der Waals surface area (Å²) in [5.41, 5.74) is 1.43. The third kappa shape index (κ3) is 3.55. The third-order valence-corrected chi connectivity index (χ3v) is 4.69. The van der Waals surface area contributed by atoms with E-state index in [2.05, 4.69) is 5.43 Å². The molecule has 1 N–H and O–H groups in total. The van der Waals surface area contributed by atoms with E-state index in [9.17, 15) is 28.0 Å². The number of nitriles is 1. The van der Waals surface area contributed by atoms with Crippen molar-refractivity contribution in [3.63, 3.8) is 0 Å². The molecule has 0 atom stereocenters. The quantitative estimate of drug-likeness (QED) is 0.366. The molecule has 0 bridgehead atoms. The number of alkyl halides is 3. The van der Waals surface area contributed by atoms with Crippen LogP contribution >= 0.6 is 0 Å². The van der Waals surface area contributed by atoms with E-state index >= 15 is 0 Å². The zero-order valence-electron chi connectivity index (χ0n) is 15.7. The molecule has 9 heteroatoms. The first-order valence-corrected chi connectivity index (χ1v) is 9.02. The van der Waals surface area contributed by atoms with Crippen molar-refractivity contribution in [1.29, 1.82) is 5.26 Å². The molecule has 0 spiro atoms. The van der Waals surface area contributed by atoms with Crippen LogP contribution in [0, 0.1) is 11.5 Å². The molecular weight excluding hydrogens is 409 g/mol. The lowest BCUT2D eigenvalue weighted by Gasteiger charge is -2.23. The van der Waals surface area contributed by atoms with Crippen LogP contribution in [0.25, 0.3) is 0 Å². The van der Waals surface area contributed by atoms with E-state index in [0.29, 0.717) is 5.01 Å². The molecule has 0 aliphatic carbocycles. The van der Waals surface area contributed by atoms with Crippen LogP contribution in [0.1, 0.15) is 26.3 Å². The molecule has 3 aromatic carbocycles. The lowest BCUT2D eigenvalue weighted by Crippen LogP contribution is -2.35. The normalized spacial score (nSPS) is 13.0.